The van der Waals surface area contributed by atoms with E-state index in [4.69, 9.17) is 4.74 Å². The van der Waals surface area contributed by atoms with Crippen LogP contribution in [0.25, 0.3) is 0 Å². The molecule has 2 N–H and O–H groups in total. The van der Waals surface area contributed by atoms with Crippen molar-refractivity contribution in [1.29, 1.82) is 0 Å². The highest BCUT2D eigenvalue weighted by molar-refractivity contribution is 5.58. The zero-order valence-corrected chi connectivity index (χ0v) is 9.05. The zero-order valence-electron chi connectivity index (χ0n) is 9.05. The topological polar surface area (TPSA) is 33.3 Å². The fraction of sp³-hybridized carbons (Fsp3) is 0.455. The lowest BCUT2D eigenvalue weighted by molar-refractivity contribution is 0.416. The van der Waals surface area contributed by atoms with Crippen LogP contribution in [-0.4, -0.2) is 20.7 Å². The first-order chi connectivity index (χ1) is 6.81. The molecular formula is C11H18N2O. The van der Waals surface area contributed by atoms with Crippen molar-refractivity contribution >= 4 is 5.69 Å². The summed E-state index contributed by atoms with van der Waals surface area (Å²) >= 11 is 0. The SMILES string of the molecule is CCNc1cc(CNC)ccc1OC. The summed E-state index contributed by atoms with van der Waals surface area (Å²) in [6.45, 7) is 3.85. The van der Waals surface area contributed by atoms with E-state index in [0.717, 1.165) is 24.5 Å². The molecule has 0 heterocycles. The van der Waals surface area contributed by atoms with E-state index in [1.807, 2.05) is 13.1 Å². The molecule has 0 spiro atoms. The molecule has 0 aliphatic heterocycles. The summed E-state index contributed by atoms with van der Waals surface area (Å²) in [6, 6.07) is 6.17. The molecule has 0 fully saturated rings. The largest absolute Gasteiger partial charge is 0.495 e. The van der Waals surface area contributed by atoms with Gasteiger partial charge in [-0.1, -0.05) is 6.07 Å². The number of anilines is 1. The van der Waals surface area contributed by atoms with Crippen LogP contribution in [-0.2, 0) is 6.54 Å². The van der Waals surface area contributed by atoms with Crippen LogP contribution in [0, 0.1) is 0 Å². The predicted molar refractivity (Wildman–Crippen MR) is 59.9 cm³/mol. The summed E-state index contributed by atoms with van der Waals surface area (Å²) in [5.41, 5.74) is 2.31. The van der Waals surface area contributed by atoms with Gasteiger partial charge in [0, 0.05) is 13.1 Å². The maximum absolute atomic E-state index is 5.25. The van der Waals surface area contributed by atoms with Crippen LogP contribution in [0.4, 0.5) is 5.69 Å². The van der Waals surface area contributed by atoms with E-state index in [1.54, 1.807) is 7.11 Å². The summed E-state index contributed by atoms with van der Waals surface area (Å²) in [6.07, 6.45) is 0. The van der Waals surface area contributed by atoms with Gasteiger partial charge >= 0.3 is 0 Å². The standard InChI is InChI=1S/C11H18N2O/c1-4-13-10-7-9(8-12-2)5-6-11(10)14-3/h5-7,12-13H,4,8H2,1-3H3. The third-order valence-corrected chi connectivity index (χ3v) is 2.01. The summed E-state index contributed by atoms with van der Waals surface area (Å²) < 4.78 is 5.25. The van der Waals surface area contributed by atoms with Crippen molar-refractivity contribution in [3.05, 3.63) is 23.8 Å². The summed E-state index contributed by atoms with van der Waals surface area (Å²) in [4.78, 5) is 0. The van der Waals surface area contributed by atoms with Crippen LogP contribution < -0.4 is 15.4 Å². The van der Waals surface area contributed by atoms with Crippen LogP contribution in [0.2, 0.25) is 0 Å². The van der Waals surface area contributed by atoms with Gasteiger partial charge in [0.25, 0.3) is 0 Å². The smallest absolute Gasteiger partial charge is 0.141 e. The van der Waals surface area contributed by atoms with Gasteiger partial charge in [0.05, 0.1) is 12.8 Å². The quantitative estimate of drug-likeness (QED) is 0.750. The molecule has 0 saturated carbocycles. The average Bonchev–Trinajstić information content (AvgIpc) is 2.19. The lowest BCUT2D eigenvalue weighted by Crippen LogP contribution is -2.06. The lowest BCUT2D eigenvalue weighted by Gasteiger charge is -2.11. The minimum Gasteiger partial charge on any atom is -0.495 e. The van der Waals surface area contributed by atoms with Crippen molar-refractivity contribution in [1.82, 2.24) is 5.32 Å². The molecule has 14 heavy (non-hydrogen) atoms. The van der Waals surface area contributed by atoms with Crippen molar-refractivity contribution in [2.75, 3.05) is 26.0 Å². The maximum Gasteiger partial charge on any atom is 0.141 e. The second-order valence-corrected chi connectivity index (χ2v) is 3.10. The van der Waals surface area contributed by atoms with Gasteiger partial charge in [0.2, 0.25) is 0 Å². The van der Waals surface area contributed by atoms with Gasteiger partial charge in [-0.25, -0.2) is 0 Å². The average molecular weight is 194 g/mol. The van der Waals surface area contributed by atoms with Crippen LogP contribution in [0.3, 0.4) is 0 Å². The Morgan fingerprint density at radius 3 is 2.71 bits per heavy atom. The molecule has 0 radical (unpaired) electrons. The van der Waals surface area contributed by atoms with Crippen molar-refractivity contribution in [2.45, 2.75) is 13.5 Å². The first-order valence-corrected chi connectivity index (χ1v) is 4.87. The molecule has 1 aromatic carbocycles. The van der Waals surface area contributed by atoms with Crippen LogP contribution >= 0.6 is 0 Å². The fourth-order valence-corrected chi connectivity index (χ4v) is 1.40. The molecule has 3 heteroatoms. The van der Waals surface area contributed by atoms with Crippen LogP contribution in [0.1, 0.15) is 12.5 Å². The zero-order chi connectivity index (χ0) is 10.4. The van der Waals surface area contributed by atoms with Gasteiger partial charge < -0.3 is 15.4 Å². The molecule has 0 bridgehead atoms. The highest BCUT2D eigenvalue weighted by Crippen LogP contribution is 2.25. The van der Waals surface area contributed by atoms with E-state index in [-0.39, 0.29) is 0 Å². The van der Waals surface area contributed by atoms with Gasteiger partial charge in [-0.3, -0.25) is 0 Å². The number of methoxy groups -OCH3 is 1. The molecule has 1 rings (SSSR count). The molecule has 0 amide bonds. The number of hydrogen-bond acceptors (Lipinski definition) is 3. The van der Waals surface area contributed by atoms with E-state index < -0.39 is 0 Å². The fourth-order valence-electron chi connectivity index (χ4n) is 1.40. The second-order valence-electron chi connectivity index (χ2n) is 3.10. The molecular weight excluding hydrogens is 176 g/mol. The molecule has 0 aromatic heterocycles. The van der Waals surface area contributed by atoms with Crippen LogP contribution in [0.15, 0.2) is 18.2 Å². The Bertz CT molecular complexity index is 287. The molecule has 78 valence electrons. The first kappa shape index (κ1) is 10.9. The van der Waals surface area contributed by atoms with E-state index in [9.17, 15) is 0 Å². The Morgan fingerprint density at radius 2 is 2.14 bits per heavy atom. The van der Waals surface area contributed by atoms with Gasteiger partial charge in [0.1, 0.15) is 5.75 Å². The third-order valence-electron chi connectivity index (χ3n) is 2.01. The number of benzene rings is 1. The van der Waals surface area contributed by atoms with Crippen molar-refractivity contribution in [2.24, 2.45) is 0 Å². The van der Waals surface area contributed by atoms with Gasteiger partial charge in [-0.2, -0.15) is 0 Å². The van der Waals surface area contributed by atoms with E-state index in [0.29, 0.717) is 0 Å². The third kappa shape index (κ3) is 2.64. The monoisotopic (exact) mass is 194 g/mol. The maximum atomic E-state index is 5.25. The molecule has 0 atom stereocenters. The molecule has 0 aliphatic carbocycles. The summed E-state index contributed by atoms with van der Waals surface area (Å²) in [5.74, 6) is 0.895. The number of ether oxygens (including phenoxy) is 1. The highest BCUT2D eigenvalue weighted by Gasteiger charge is 2.02. The van der Waals surface area contributed by atoms with Crippen molar-refractivity contribution in [3.63, 3.8) is 0 Å². The summed E-state index contributed by atoms with van der Waals surface area (Å²) in [5, 5.41) is 6.40. The number of hydrogen-bond donors (Lipinski definition) is 2. The van der Waals surface area contributed by atoms with Crippen LogP contribution in [0.5, 0.6) is 5.75 Å². The minimum absolute atomic E-state index is 0.877. The van der Waals surface area contributed by atoms with Gasteiger partial charge in [-0.15, -0.1) is 0 Å². The minimum atomic E-state index is 0.877. The molecule has 0 unspecified atom stereocenters. The second kappa shape index (κ2) is 5.50. The molecule has 3 nitrogen and oxygen atoms in total. The number of nitrogens with one attached hydrogen (secondary N) is 2. The van der Waals surface area contributed by atoms with E-state index in [2.05, 4.69) is 29.7 Å². The van der Waals surface area contributed by atoms with Gasteiger partial charge in [-0.05, 0) is 31.7 Å². The first-order valence-electron chi connectivity index (χ1n) is 4.87. The Kier molecular flexibility index (Phi) is 4.26. The normalized spacial score (nSPS) is 9.93. The highest BCUT2D eigenvalue weighted by atomic mass is 16.5. The van der Waals surface area contributed by atoms with E-state index in [1.165, 1.54) is 5.56 Å². The Labute approximate surface area is 85.5 Å². The van der Waals surface area contributed by atoms with Crippen molar-refractivity contribution in [3.8, 4) is 5.75 Å². The molecule has 0 saturated heterocycles. The molecule has 0 aliphatic rings. The van der Waals surface area contributed by atoms with Crippen molar-refractivity contribution < 1.29 is 4.74 Å². The summed E-state index contributed by atoms with van der Waals surface area (Å²) in [7, 11) is 3.63. The van der Waals surface area contributed by atoms with E-state index >= 15 is 0 Å². The lowest BCUT2D eigenvalue weighted by atomic mass is 10.2. The predicted octanol–water partition coefficient (Wildman–Crippen LogP) is 1.85. The Balaban J connectivity index is 2.88. The number of rotatable bonds is 5. The molecule has 1 aromatic rings. The van der Waals surface area contributed by atoms with Gasteiger partial charge in [0.15, 0.2) is 0 Å². The Hall–Kier alpha value is -1.22. The Morgan fingerprint density at radius 1 is 1.36 bits per heavy atom.